The zero-order valence-corrected chi connectivity index (χ0v) is 10.5. The van der Waals surface area contributed by atoms with Gasteiger partial charge in [0, 0.05) is 32.3 Å². The number of aliphatic hydroxyl groups is 1. The van der Waals surface area contributed by atoms with E-state index in [1.54, 1.807) is 0 Å². The molecule has 1 saturated carbocycles. The minimum absolute atomic E-state index is 0.151. The third-order valence-electron chi connectivity index (χ3n) is 3.07. The normalized spacial score (nSPS) is 17.1. The molecule has 4 heteroatoms. The van der Waals surface area contributed by atoms with Gasteiger partial charge in [0.25, 0.3) is 0 Å². The summed E-state index contributed by atoms with van der Waals surface area (Å²) in [6.07, 6.45) is 3.64. The molecule has 0 aliphatic heterocycles. The van der Waals surface area contributed by atoms with E-state index in [1.807, 2.05) is 13.8 Å². The Bertz CT molecular complexity index is 168. The van der Waals surface area contributed by atoms with Crippen LogP contribution in [0.25, 0.3) is 0 Å². The monoisotopic (exact) mass is 231 g/mol. The van der Waals surface area contributed by atoms with E-state index >= 15 is 0 Å². The molecule has 0 unspecified atom stereocenters. The fraction of sp³-hybridized carbons (Fsp3) is 1.00. The van der Waals surface area contributed by atoms with Crippen LogP contribution in [0, 0.1) is 0 Å². The first-order valence-corrected chi connectivity index (χ1v) is 6.39. The zero-order chi connectivity index (χ0) is 11.8. The Labute approximate surface area is 98.5 Å². The first kappa shape index (κ1) is 13.9. The summed E-state index contributed by atoms with van der Waals surface area (Å²) in [7, 11) is 0. The van der Waals surface area contributed by atoms with Crippen molar-refractivity contribution in [2.75, 3.05) is 32.9 Å². The Balaban J connectivity index is 2.36. The SMILES string of the molecule is CCOC(CN(CCO)C1CCC1)OCC. The van der Waals surface area contributed by atoms with Crippen LogP contribution in [0.4, 0.5) is 0 Å². The van der Waals surface area contributed by atoms with Gasteiger partial charge in [-0.1, -0.05) is 6.42 Å². The lowest BCUT2D eigenvalue weighted by atomic mass is 9.91. The smallest absolute Gasteiger partial charge is 0.170 e. The molecular weight excluding hydrogens is 206 g/mol. The van der Waals surface area contributed by atoms with Gasteiger partial charge in [-0.2, -0.15) is 0 Å². The minimum atomic E-state index is -0.151. The van der Waals surface area contributed by atoms with Crippen LogP contribution in [-0.4, -0.2) is 55.2 Å². The summed E-state index contributed by atoms with van der Waals surface area (Å²) in [5.41, 5.74) is 0. The average Bonchev–Trinajstić information content (AvgIpc) is 2.16. The molecule has 0 aromatic carbocycles. The van der Waals surface area contributed by atoms with Gasteiger partial charge in [0.2, 0.25) is 0 Å². The molecule has 1 rings (SSSR count). The highest BCUT2D eigenvalue weighted by Gasteiger charge is 2.26. The van der Waals surface area contributed by atoms with E-state index in [4.69, 9.17) is 14.6 Å². The van der Waals surface area contributed by atoms with Crippen LogP contribution in [0.15, 0.2) is 0 Å². The largest absolute Gasteiger partial charge is 0.395 e. The average molecular weight is 231 g/mol. The van der Waals surface area contributed by atoms with Crippen molar-refractivity contribution in [3.63, 3.8) is 0 Å². The number of aliphatic hydroxyl groups excluding tert-OH is 1. The highest BCUT2D eigenvalue weighted by Crippen LogP contribution is 2.24. The third-order valence-corrected chi connectivity index (χ3v) is 3.07. The summed E-state index contributed by atoms with van der Waals surface area (Å²) in [5, 5.41) is 9.05. The highest BCUT2D eigenvalue weighted by molar-refractivity contribution is 4.80. The molecule has 0 spiro atoms. The molecule has 0 aromatic heterocycles. The first-order chi connectivity index (χ1) is 7.81. The van der Waals surface area contributed by atoms with Crippen molar-refractivity contribution in [1.29, 1.82) is 0 Å². The molecule has 0 saturated heterocycles. The van der Waals surface area contributed by atoms with Crippen LogP contribution in [0.1, 0.15) is 33.1 Å². The topological polar surface area (TPSA) is 41.9 Å². The van der Waals surface area contributed by atoms with Crippen LogP contribution < -0.4 is 0 Å². The molecule has 0 amide bonds. The molecule has 0 aromatic rings. The van der Waals surface area contributed by atoms with Crippen molar-refractivity contribution < 1.29 is 14.6 Å². The maximum Gasteiger partial charge on any atom is 0.170 e. The van der Waals surface area contributed by atoms with E-state index < -0.39 is 0 Å². The van der Waals surface area contributed by atoms with E-state index in [2.05, 4.69) is 4.90 Å². The van der Waals surface area contributed by atoms with Crippen molar-refractivity contribution in [3.05, 3.63) is 0 Å². The lowest BCUT2D eigenvalue weighted by Crippen LogP contribution is -2.46. The van der Waals surface area contributed by atoms with Gasteiger partial charge in [0.1, 0.15) is 0 Å². The Hall–Kier alpha value is -0.160. The third kappa shape index (κ3) is 4.37. The number of hydrogen-bond acceptors (Lipinski definition) is 4. The molecule has 0 atom stereocenters. The Morgan fingerprint density at radius 1 is 1.25 bits per heavy atom. The van der Waals surface area contributed by atoms with E-state index in [0.29, 0.717) is 19.3 Å². The second-order valence-electron chi connectivity index (χ2n) is 4.14. The van der Waals surface area contributed by atoms with Crippen molar-refractivity contribution in [1.82, 2.24) is 4.90 Å². The number of hydrogen-bond donors (Lipinski definition) is 1. The van der Waals surface area contributed by atoms with Crippen LogP contribution in [-0.2, 0) is 9.47 Å². The second-order valence-corrected chi connectivity index (χ2v) is 4.14. The van der Waals surface area contributed by atoms with Crippen molar-refractivity contribution in [3.8, 4) is 0 Å². The van der Waals surface area contributed by atoms with Gasteiger partial charge >= 0.3 is 0 Å². The molecule has 16 heavy (non-hydrogen) atoms. The maximum absolute atomic E-state index is 9.05. The summed E-state index contributed by atoms with van der Waals surface area (Å²) in [4.78, 5) is 2.29. The molecular formula is C12H25NO3. The lowest BCUT2D eigenvalue weighted by Gasteiger charge is -2.38. The second kappa shape index (κ2) is 8.01. The fourth-order valence-corrected chi connectivity index (χ4v) is 2.02. The van der Waals surface area contributed by atoms with Gasteiger partial charge in [-0.3, -0.25) is 4.90 Å². The number of ether oxygens (including phenoxy) is 2. The Morgan fingerprint density at radius 2 is 1.88 bits per heavy atom. The molecule has 1 fully saturated rings. The van der Waals surface area contributed by atoms with E-state index in [-0.39, 0.29) is 12.9 Å². The Morgan fingerprint density at radius 3 is 2.25 bits per heavy atom. The predicted molar refractivity (Wildman–Crippen MR) is 63.3 cm³/mol. The molecule has 0 heterocycles. The first-order valence-electron chi connectivity index (χ1n) is 6.39. The summed E-state index contributed by atoms with van der Waals surface area (Å²) >= 11 is 0. The molecule has 0 radical (unpaired) electrons. The Kier molecular flexibility index (Phi) is 6.96. The van der Waals surface area contributed by atoms with Crippen molar-refractivity contribution >= 4 is 0 Å². The summed E-state index contributed by atoms with van der Waals surface area (Å²) in [6.45, 7) is 7.00. The van der Waals surface area contributed by atoms with Crippen LogP contribution >= 0.6 is 0 Å². The molecule has 96 valence electrons. The van der Waals surface area contributed by atoms with Gasteiger partial charge < -0.3 is 14.6 Å². The van der Waals surface area contributed by atoms with E-state index in [0.717, 1.165) is 13.1 Å². The summed E-state index contributed by atoms with van der Waals surface area (Å²) in [5.74, 6) is 0. The highest BCUT2D eigenvalue weighted by atomic mass is 16.7. The fourth-order valence-electron chi connectivity index (χ4n) is 2.02. The maximum atomic E-state index is 9.05. The minimum Gasteiger partial charge on any atom is -0.395 e. The predicted octanol–water partition coefficient (Wildman–Crippen LogP) is 1.23. The van der Waals surface area contributed by atoms with Gasteiger partial charge in [-0.15, -0.1) is 0 Å². The molecule has 1 aliphatic rings. The zero-order valence-electron chi connectivity index (χ0n) is 10.5. The summed E-state index contributed by atoms with van der Waals surface area (Å²) < 4.78 is 11.1. The van der Waals surface area contributed by atoms with Crippen molar-refractivity contribution in [2.45, 2.75) is 45.4 Å². The van der Waals surface area contributed by atoms with Gasteiger partial charge in [0.15, 0.2) is 6.29 Å². The van der Waals surface area contributed by atoms with Crippen LogP contribution in [0.2, 0.25) is 0 Å². The van der Waals surface area contributed by atoms with Gasteiger partial charge in [-0.05, 0) is 26.7 Å². The van der Waals surface area contributed by atoms with Gasteiger partial charge in [-0.25, -0.2) is 0 Å². The van der Waals surface area contributed by atoms with E-state index in [9.17, 15) is 0 Å². The number of nitrogens with zero attached hydrogens (tertiary/aromatic N) is 1. The van der Waals surface area contributed by atoms with E-state index in [1.165, 1.54) is 19.3 Å². The standard InChI is InChI=1S/C12H25NO3/c1-3-15-12(16-4-2)10-13(8-9-14)11-6-5-7-11/h11-12,14H,3-10H2,1-2H3. The number of rotatable bonds is 9. The quantitative estimate of drug-likeness (QED) is 0.606. The summed E-state index contributed by atoms with van der Waals surface area (Å²) in [6, 6.07) is 0.621. The molecule has 1 aliphatic carbocycles. The van der Waals surface area contributed by atoms with Crippen molar-refractivity contribution in [2.24, 2.45) is 0 Å². The molecule has 4 nitrogen and oxygen atoms in total. The van der Waals surface area contributed by atoms with Crippen LogP contribution in [0.3, 0.4) is 0 Å². The van der Waals surface area contributed by atoms with Gasteiger partial charge in [0.05, 0.1) is 6.61 Å². The molecule has 1 N–H and O–H groups in total. The molecule has 0 bridgehead atoms. The van der Waals surface area contributed by atoms with Crippen LogP contribution in [0.5, 0.6) is 0 Å². The lowest BCUT2D eigenvalue weighted by molar-refractivity contribution is -0.153.